The maximum atomic E-state index is 13.4. The molecule has 0 unspecified atom stereocenters. The van der Waals surface area contributed by atoms with Gasteiger partial charge in [0.15, 0.2) is 0 Å². The van der Waals surface area contributed by atoms with E-state index in [4.69, 9.17) is 4.74 Å². The second-order valence-electron chi connectivity index (χ2n) is 12.5. The van der Waals surface area contributed by atoms with Gasteiger partial charge in [0.25, 0.3) is 0 Å². The summed E-state index contributed by atoms with van der Waals surface area (Å²) in [4.78, 5) is 43.1. The third kappa shape index (κ3) is 7.23. The van der Waals surface area contributed by atoms with Gasteiger partial charge in [-0.3, -0.25) is 4.79 Å². The van der Waals surface area contributed by atoms with E-state index in [9.17, 15) is 9.59 Å². The summed E-state index contributed by atoms with van der Waals surface area (Å²) in [6.07, 6.45) is 6.20. The van der Waals surface area contributed by atoms with Crippen molar-refractivity contribution in [3.63, 3.8) is 0 Å². The van der Waals surface area contributed by atoms with Crippen LogP contribution >= 0.6 is 0 Å². The number of imidazole rings is 2. The van der Waals surface area contributed by atoms with Crippen LogP contribution in [-0.4, -0.2) is 63.1 Å². The molecule has 244 valence electrons. The van der Waals surface area contributed by atoms with Gasteiger partial charge in [-0.2, -0.15) is 0 Å². The van der Waals surface area contributed by atoms with Crippen LogP contribution in [-0.2, 0) is 16.1 Å². The molecule has 3 heterocycles. The number of aromatic nitrogens is 4. The Kier molecular flexibility index (Phi) is 9.68. The molecule has 5 aromatic rings. The quantitative estimate of drug-likeness (QED) is 0.126. The molecule has 0 bridgehead atoms. The van der Waals surface area contributed by atoms with Crippen LogP contribution in [0.15, 0.2) is 73.1 Å². The van der Waals surface area contributed by atoms with Crippen LogP contribution in [0.1, 0.15) is 57.7 Å². The Morgan fingerprint density at radius 1 is 0.915 bits per heavy atom. The predicted molar refractivity (Wildman–Crippen MR) is 184 cm³/mol. The molecule has 1 aliphatic heterocycles. The minimum atomic E-state index is -0.685. The van der Waals surface area contributed by atoms with Gasteiger partial charge >= 0.3 is 6.09 Å². The van der Waals surface area contributed by atoms with Crippen LogP contribution in [0, 0.1) is 5.92 Å². The van der Waals surface area contributed by atoms with Crippen molar-refractivity contribution < 1.29 is 14.3 Å². The highest BCUT2D eigenvalue weighted by Gasteiger charge is 2.29. The molecular weight excluding hydrogens is 590 g/mol. The van der Waals surface area contributed by atoms with E-state index in [0.717, 1.165) is 69.6 Å². The number of rotatable bonds is 11. The van der Waals surface area contributed by atoms with E-state index < -0.39 is 12.1 Å². The van der Waals surface area contributed by atoms with Crippen molar-refractivity contribution in [3.8, 4) is 33.6 Å². The summed E-state index contributed by atoms with van der Waals surface area (Å²) in [5.74, 6) is 1.44. The fourth-order valence-corrected chi connectivity index (χ4v) is 6.22. The Labute approximate surface area is 275 Å². The number of nitrogens with one attached hydrogen (secondary N) is 4. The molecule has 0 spiro atoms. The number of carbonyl (C=O) groups excluding carboxylic acids is 2. The van der Waals surface area contributed by atoms with Crippen LogP contribution in [0.4, 0.5) is 4.79 Å². The number of alkyl carbamates (subject to hydrolysis) is 1. The first-order chi connectivity index (χ1) is 22.8. The minimum absolute atomic E-state index is 0.0972. The second-order valence-corrected chi connectivity index (χ2v) is 12.5. The second kappa shape index (κ2) is 14.2. The van der Waals surface area contributed by atoms with E-state index in [1.165, 1.54) is 13.5 Å². The Balaban J connectivity index is 1.15. The van der Waals surface area contributed by atoms with E-state index in [-0.39, 0.29) is 11.8 Å². The third-order valence-electron chi connectivity index (χ3n) is 8.83. The first-order valence-electron chi connectivity index (χ1n) is 16.4. The number of carbonyl (C=O) groups is 2. The summed E-state index contributed by atoms with van der Waals surface area (Å²) in [6, 6.07) is 21.1. The van der Waals surface area contributed by atoms with Gasteiger partial charge in [0, 0.05) is 12.1 Å². The summed E-state index contributed by atoms with van der Waals surface area (Å²) < 4.78 is 4.74. The molecule has 1 aliphatic rings. The summed E-state index contributed by atoms with van der Waals surface area (Å²) in [5, 5.41) is 8.46. The van der Waals surface area contributed by atoms with Gasteiger partial charge in [0.2, 0.25) is 5.91 Å². The molecule has 0 aliphatic carbocycles. The lowest BCUT2D eigenvalue weighted by molar-refractivity contribution is -0.135. The van der Waals surface area contributed by atoms with Crippen molar-refractivity contribution in [2.24, 2.45) is 5.92 Å². The van der Waals surface area contributed by atoms with E-state index in [1.54, 1.807) is 11.1 Å². The van der Waals surface area contributed by atoms with Gasteiger partial charge in [-0.1, -0.05) is 69.3 Å². The van der Waals surface area contributed by atoms with Crippen LogP contribution in [0.5, 0.6) is 0 Å². The maximum absolute atomic E-state index is 13.4. The van der Waals surface area contributed by atoms with E-state index in [1.807, 2.05) is 27.0 Å². The molecule has 2 amide bonds. The Bertz CT molecular complexity index is 1840. The van der Waals surface area contributed by atoms with Crippen molar-refractivity contribution in [1.82, 2.24) is 35.5 Å². The van der Waals surface area contributed by atoms with Gasteiger partial charge in [0.1, 0.15) is 17.7 Å². The van der Waals surface area contributed by atoms with Crippen LogP contribution < -0.4 is 10.6 Å². The lowest BCUT2D eigenvalue weighted by Crippen LogP contribution is -2.51. The van der Waals surface area contributed by atoms with Crippen molar-refractivity contribution in [2.75, 3.05) is 20.2 Å². The smallest absolute Gasteiger partial charge is 0.407 e. The molecule has 0 saturated carbocycles. The Morgan fingerprint density at radius 2 is 1.57 bits per heavy atom. The number of hydrogen-bond donors (Lipinski definition) is 4. The molecule has 1 fully saturated rings. The lowest BCUT2D eigenvalue weighted by atomic mass is 9.98. The van der Waals surface area contributed by atoms with E-state index in [2.05, 4.69) is 91.2 Å². The zero-order valence-electron chi connectivity index (χ0n) is 27.5. The monoisotopic (exact) mass is 633 g/mol. The third-order valence-corrected chi connectivity index (χ3v) is 8.83. The fourth-order valence-electron chi connectivity index (χ4n) is 6.22. The van der Waals surface area contributed by atoms with Gasteiger partial charge in [-0.15, -0.1) is 0 Å². The highest BCUT2D eigenvalue weighted by molar-refractivity contribution is 5.90. The number of nitrogens with zero attached hydrogens (tertiary/aromatic N) is 3. The highest BCUT2D eigenvalue weighted by Crippen LogP contribution is 2.30. The number of ether oxygens (including phenoxy) is 1. The van der Waals surface area contributed by atoms with Crippen molar-refractivity contribution in [2.45, 2.75) is 58.7 Å². The average molecular weight is 634 g/mol. The number of fused-ring (bicyclic) bond motifs is 1. The lowest BCUT2D eigenvalue weighted by Gasteiger charge is -2.28. The zero-order chi connectivity index (χ0) is 32.9. The maximum Gasteiger partial charge on any atom is 0.407 e. The topological polar surface area (TPSA) is 128 Å². The average Bonchev–Trinajstić information content (AvgIpc) is 3.89. The summed E-state index contributed by atoms with van der Waals surface area (Å²) in [6.45, 7) is 7.73. The number of hydrogen-bond acceptors (Lipinski definition) is 6. The number of aromatic amines is 2. The first-order valence-corrected chi connectivity index (χ1v) is 16.4. The minimum Gasteiger partial charge on any atom is -0.453 e. The number of benzene rings is 3. The first kappa shape index (κ1) is 32.0. The predicted octanol–water partition coefficient (Wildman–Crippen LogP) is 6.83. The molecule has 6 rings (SSSR count). The summed E-state index contributed by atoms with van der Waals surface area (Å²) in [5.41, 5.74) is 6.36. The SMILES string of the molecule is CCCN(Cc1ncc(-c2ccc3cc(-c4ccc(-c5cnc([C@@H]6CCCN6)[nH]5)cc4)ccc3c2)[nH]1)C(=O)[C@@H](NC(=O)OC)C(C)C. The van der Waals surface area contributed by atoms with Gasteiger partial charge in [-0.05, 0) is 71.3 Å². The van der Waals surface area contributed by atoms with Gasteiger partial charge < -0.3 is 30.2 Å². The van der Waals surface area contributed by atoms with Crippen molar-refractivity contribution in [1.29, 1.82) is 0 Å². The van der Waals surface area contributed by atoms with Crippen LogP contribution in [0.3, 0.4) is 0 Å². The van der Waals surface area contributed by atoms with E-state index >= 15 is 0 Å². The molecule has 2 aromatic heterocycles. The molecule has 1 saturated heterocycles. The highest BCUT2D eigenvalue weighted by atomic mass is 16.5. The Morgan fingerprint density at radius 3 is 2.26 bits per heavy atom. The zero-order valence-corrected chi connectivity index (χ0v) is 27.5. The molecule has 2 atom stereocenters. The van der Waals surface area contributed by atoms with Crippen molar-refractivity contribution in [3.05, 3.63) is 84.7 Å². The molecule has 10 nitrogen and oxygen atoms in total. The standard InChI is InChI=1S/C37H43N7O3/c1-5-17-44(36(45)34(23(2)3)43-37(46)47-4)22-33-39-20-32(41-33)29-15-14-27-18-26(12-13-28(27)19-29)24-8-10-25(11-9-24)31-21-40-35(42-31)30-7-6-16-38-30/h8-15,18-21,23,30,34,38H,5-7,16-17,22H2,1-4H3,(H,39,41)(H,40,42)(H,43,46)/t30-,34-/m0/s1. The number of amides is 2. The van der Waals surface area contributed by atoms with Crippen molar-refractivity contribution >= 4 is 22.8 Å². The molecule has 10 heteroatoms. The molecule has 47 heavy (non-hydrogen) atoms. The molecule has 4 N–H and O–H groups in total. The van der Waals surface area contributed by atoms with E-state index in [0.29, 0.717) is 25.0 Å². The Hall–Kier alpha value is -4.96. The molecule has 3 aromatic carbocycles. The molecular formula is C37H43N7O3. The fraction of sp³-hybridized carbons (Fsp3) is 0.351. The number of H-pyrrole nitrogens is 2. The summed E-state index contributed by atoms with van der Waals surface area (Å²) in [7, 11) is 1.29. The van der Waals surface area contributed by atoms with Crippen LogP contribution in [0.25, 0.3) is 44.4 Å². The normalized spacial score (nSPS) is 15.2. The van der Waals surface area contributed by atoms with Gasteiger partial charge in [0.05, 0.1) is 43.5 Å². The summed E-state index contributed by atoms with van der Waals surface area (Å²) >= 11 is 0. The van der Waals surface area contributed by atoms with Crippen LogP contribution in [0.2, 0.25) is 0 Å². The largest absolute Gasteiger partial charge is 0.453 e. The van der Waals surface area contributed by atoms with Gasteiger partial charge in [-0.25, -0.2) is 14.8 Å². The molecule has 0 radical (unpaired) electrons. The number of methoxy groups -OCH3 is 1.